The number of benzene rings is 1. The van der Waals surface area contributed by atoms with Crippen LogP contribution in [0.5, 0.6) is 11.5 Å². The van der Waals surface area contributed by atoms with Crippen LogP contribution in [0.2, 0.25) is 0 Å². The Morgan fingerprint density at radius 3 is 2.62 bits per heavy atom. The number of ether oxygens (including phenoxy) is 1. The monoisotopic (exact) mass is 221 g/mol. The highest BCUT2D eigenvalue weighted by Gasteiger charge is 2.47. The predicted molar refractivity (Wildman–Crippen MR) is 55.9 cm³/mol. The number of phenols is 1. The van der Waals surface area contributed by atoms with Crippen molar-refractivity contribution < 1.29 is 14.2 Å². The van der Waals surface area contributed by atoms with E-state index in [-0.39, 0.29) is 5.75 Å². The maximum absolute atomic E-state index is 13.7. The van der Waals surface area contributed by atoms with Crippen molar-refractivity contribution in [3.05, 3.63) is 23.0 Å². The molecule has 0 saturated heterocycles. The van der Waals surface area contributed by atoms with Crippen LogP contribution in [-0.4, -0.2) is 12.2 Å². The van der Waals surface area contributed by atoms with E-state index in [1.165, 1.54) is 7.11 Å². The molecule has 1 aromatic carbocycles. The normalized spacial score (nSPS) is 16.6. The first-order valence-corrected chi connectivity index (χ1v) is 5.03. The number of hydrogen-bond donors (Lipinski definition) is 1. The molecule has 16 heavy (non-hydrogen) atoms. The van der Waals surface area contributed by atoms with E-state index in [9.17, 15) is 9.50 Å². The van der Waals surface area contributed by atoms with Crippen molar-refractivity contribution in [2.45, 2.75) is 25.2 Å². The van der Waals surface area contributed by atoms with Gasteiger partial charge in [-0.05, 0) is 31.4 Å². The first kappa shape index (κ1) is 10.7. The minimum Gasteiger partial charge on any atom is -0.504 e. The standard InChI is InChI=1S/C12H12FNO2/c1-7-5-8(12(6-14)3-4-12)10(15)9(13)11(7)16-2/h5,15H,3-4H2,1-2H3. The van der Waals surface area contributed by atoms with Gasteiger partial charge in [0, 0.05) is 5.56 Å². The Bertz CT molecular complexity index is 487. The first-order chi connectivity index (χ1) is 7.55. The van der Waals surface area contributed by atoms with Crippen molar-refractivity contribution in [2.75, 3.05) is 7.11 Å². The lowest BCUT2D eigenvalue weighted by Crippen LogP contribution is -2.06. The maximum Gasteiger partial charge on any atom is 0.207 e. The molecule has 1 fully saturated rings. The quantitative estimate of drug-likeness (QED) is 0.834. The highest BCUT2D eigenvalue weighted by molar-refractivity contribution is 5.54. The fourth-order valence-electron chi connectivity index (χ4n) is 1.93. The molecule has 3 nitrogen and oxygen atoms in total. The highest BCUT2D eigenvalue weighted by atomic mass is 19.1. The van der Waals surface area contributed by atoms with Gasteiger partial charge in [0.15, 0.2) is 11.5 Å². The van der Waals surface area contributed by atoms with Crippen molar-refractivity contribution in [1.82, 2.24) is 0 Å². The molecule has 2 rings (SSSR count). The number of aromatic hydroxyl groups is 1. The lowest BCUT2D eigenvalue weighted by molar-refractivity contribution is 0.358. The number of phenolic OH excluding ortho intramolecular Hbond substituents is 1. The summed E-state index contributed by atoms with van der Waals surface area (Å²) in [6.45, 7) is 1.69. The van der Waals surface area contributed by atoms with Gasteiger partial charge in [0.2, 0.25) is 5.82 Å². The van der Waals surface area contributed by atoms with Gasteiger partial charge < -0.3 is 9.84 Å². The van der Waals surface area contributed by atoms with Crippen molar-refractivity contribution in [1.29, 1.82) is 5.26 Å². The second kappa shape index (κ2) is 3.38. The molecule has 0 unspecified atom stereocenters. The van der Waals surface area contributed by atoms with Gasteiger partial charge in [-0.3, -0.25) is 0 Å². The average Bonchev–Trinajstić information content (AvgIpc) is 3.05. The Morgan fingerprint density at radius 2 is 2.19 bits per heavy atom. The van der Waals surface area contributed by atoms with E-state index in [0.717, 1.165) is 0 Å². The summed E-state index contributed by atoms with van der Waals surface area (Å²) in [6, 6.07) is 3.77. The molecule has 0 amide bonds. The summed E-state index contributed by atoms with van der Waals surface area (Å²) in [5.74, 6) is -1.20. The topological polar surface area (TPSA) is 53.2 Å². The number of aryl methyl sites for hydroxylation is 1. The van der Waals surface area contributed by atoms with Crippen LogP contribution in [0, 0.1) is 24.1 Å². The molecule has 4 heteroatoms. The molecule has 1 aliphatic rings. The highest BCUT2D eigenvalue weighted by Crippen LogP contribution is 2.52. The van der Waals surface area contributed by atoms with Crippen LogP contribution in [0.15, 0.2) is 6.07 Å². The minimum absolute atomic E-state index is 0.0370. The first-order valence-electron chi connectivity index (χ1n) is 5.03. The molecule has 1 aromatic rings. The molecule has 0 spiro atoms. The Balaban J connectivity index is 2.62. The summed E-state index contributed by atoms with van der Waals surface area (Å²) in [7, 11) is 1.35. The molecule has 84 valence electrons. The molecule has 1 saturated carbocycles. The van der Waals surface area contributed by atoms with E-state index in [2.05, 4.69) is 6.07 Å². The zero-order valence-electron chi connectivity index (χ0n) is 9.17. The van der Waals surface area contributed by atoms with Crippen LogP contribution in [0.1, 0.15) is 24.0 Å². The van der Waals surface area contributed by atoms with Gasteiger partial charge in [0.05, 0.1) is 18.6 Å². The van der Waals surface area contributed by atoms with Gasteiger partial charge in [-0.25, -0.2) is 0 Å². The van der Waals surface area contributed by atoms with Gasteiger partial charge >= 0.3 is 0 Å². The van der Waals surface area contributed by atoms with Crippen LogP contribution in [0.25, 0.3) is 0 Å². The molecule has 0 radical (unpaired) electrons. The lowest BCUT2D eigenvalue weighted by Gasteiger charge is -2.14. The molecule has 0 atom stereocenters. The van der Waals surface area contributed by atoms with E-state index < -0.39 is 17.0 Å². The Morgan fingerprint density at radius 1 is 1.56 bits per heavy atom. The SMILES string of the molecule is COc1c(C)cc(C2(C#N)CC2)c(O)c1F. The summed E-state index contributed by atoms with van der Waals surface area (Å²) in [5, 5.41) is 18.8. The Hall–Kier alpha value is -1.76. The van der Waals surface area contributed by atoms with Crippen molar-refractivity contribution in [2.24, 2.45) is 0 Å². The third-order valence-corrected chi connectivity index (χ3v) is 3.07. The summed E-state index contributed by atoms with van der Waals surface area (Å²) >= 11 is 0. The molecule has 1 N–H and O–H groups in total. The largest absolute Gasteiger partial charge is 0.504 e. The van der Waals surface area contributed by atoms with Gasteiger partial charge in [-0.1, -0.05) is 0 Å². The molecular formula is C12H12FNO2. The summed E-state index contributed by atoms with van der Waals surface area (Å²) in [4.78, 5) is 0. The van der Waals surface area contributed by atoms with Crippen LogP contribution in [0.3, 0.4) is 0 Å². The van der Waals surface area contributed by atoms with Crippen molar-refractivity contribution in [3.63, 3.8) is 0 Å². The number of hydrogen-bond acceptors (Lipinski definition) is 3. The predicted octanol–water partition coefficient (Wildman–Crippen LogP) is 2.40. The van der Waals surface area contributed by atoms with Gasteiger partial charge in [0.1, 0.15) is 0 Å². The second-order valence-electron chi connectivity index (χ2n) is 4.13. The molecule has 0 bridgehead atoms. The van der Waals surface area contributed by atoms with Crippen LogP contribution in [-0.2, 0) is 5.41 Å². The zero-order chi connectivity index (χ0) is 11.9. The van der Waals surface area contributed by atoms with E-state index in [0.29, 0.717) is 24.0 Å². The van der Waals surface area contributed by atoms with Crippen molar-refractivity contribution in [3.8, 4) is 17.6 Å². The van der Waals surface area contributed by atoms with Gasteiger partial charge in [0.25, 0.3) is 0 Å². The number of nitriles is 1. The summed E-state index contributed by atoms with van der Waals surface area (Å²) < 4.78 is 18.6. The minimum atomic E-state index is -0.779. The number of nitrogens with zero attached hydrogens (tertiary/aromatic N) is 1. The molecule has 1 aliphatic carbocycles. The summed E-state index contributed by atoms with van der Waals surface area (Å²) in [6.07, 6.45) is 1.34. The van der Waals surface area contributed by atoms with E-state index in [1.807, 2.05) is 0 Å². The second-order valence-corrected chi connectivity index (χ2v) is 4.13. The van der Waals surface area contributed by atoms with Gasteiger partial charge in [-0.15, -0.1) is 0 Å². The van der Waals surface area contributed by atoms with E-state index >= 15 is 0 Å². The maximum atomic E-state index is 13.7. The van der Waals surface area contributed by atoms with Crippen LogP contribution < -0.4 is 4.74 Å². The third kappa shape index (κ3) is 1.32. The number of halogens is 1. The average molecular weight is 221 g/mol. The Labute approximate surface area is 93.1 Å². The molecule has 0 heterocycles. The summed E-state index contributed by atoms with van der Waals surface area (Å²) in [5.41, 5.74) is 0.280. The number of rotatable bonds is 2. The molecule has 0 aliphatic heterocycles. The van der Waals surface area contributed by atoms with Gasteiger partial charge in [-0.2, -0.15) is 9.65 Å². The fourth-order valence-corrected chi connectivity index (χ4v) is 1.93. The van der Waals surface area contributed by atoms with E-state index in [1.54, 1.807) is 13.0 Å². The fraction of sp³-hybridized carbons (Fsp3) is 0.417. The number of methoxy groups -OCH3 is 1. The molecular weight excluding hydrogens is 209 g/mol. The van der Waals surface area contributed by atoms with Crippen LogP contribution in [0.4, 0.5) is 4.39 Å². The third-order valence-electron chi connectivity index (χ3n) is 3.07. The zero-order valence-corrected chi connectivity index (χ0v) is 9.17. The smallest absolute Gasteiger partial charge is 0.207 e. The Kier molecular flexibility index (Phi) is 2.27. The lowest BCUT2D eigenvalue weighted by atomic mass is 9.94. The van der Waals surface area contributed by atoms with Crippen LogP contribution >= 0.6 is 0 Å². The van der Waals surface area contributed by atoms with E-state index in [4.69, 9.17) is 10.00 Å². The molecule has 0 aromatic heterocycles. The van der Waals surface area contributed by atoms with Crippen molar-refractivity contribution >= 4 is 0 Å².